The lowest BCUT2D eigenvalue weighted by atomic mass is 10.1. The molecule has 0 atom stereocenters. The molecule has 0 bridgehead atoms. The van der Waals surface area contributed by atoms with Crippen molar-refractivity contribution in [2.45, 2.75) is 6.54 Å². The van der Waals surface area contributed by atoms with E-state index in [0.29, 0.717) is 49.0 Å². The highest BCUT2D eigenvalue weighted by atomic mass is 79.9. The summed E-state index contributed by atoms with van der Waals surface area (Å²) in [7, 11) is 0. The molecule has 1 aliphatic heterocycles. The van der Waals surface area contributed by atoms with E-state index < -0.39 is 0 Å². The van der Waals surface area contributed by atoms with Crippen LogP contribution in [0.2, 0.25) is 0 Å². The number of urea groups is 1. The minimum absolute atomic E-state index is 0.119. The van der Waals surface area contributed by atoms with Crippen molar-refractivity contribution >= 4 is 60.5 Å². The molecule has 4 aromatic rings. The second kappa shape index (κ2) is 11.1. The molecule has 188 valence electrons. The van der Waals surface area contributed by atoms with Gasteiger partial charge in [-0.2, -0.15) is 0 Å². The Balaban J connectivity index is 1.12. The monoisotopic (exact) mass is 577 g/mol. The summed E-state index contributed by atoms with van der Waals surface area (Å²) < 4.78 is 1.95. The smallest absolute Gasteiger partial charge is 0.317 e. The number of hydrogen-bond donors (Lipinski definition) is 2. The van der Waals surface area contributed by atoms with Gasteiger partial charge >= 0.3 is 6.03 Å². The SMILES string of the molecule is O=C(Nc1nc2ccccc2s1)c1ccc(C(=O)N2CCN(C(=O)NCc3ccccc3Br)CC2)cc1. The van der Waals surface area contributed by atoms with Gasteiger partial charge in [-0.25, -0.2) is 9.78 Å². The fraction of sp³-hybridized carbons (Fsp3) is 0.185. The van der Waals surface area contributed by atoms with E-state index in [1.165, 1.54) is 11.3 Å². The summed E-state index contributed by atoms with van der Waals surface area (Å²) in [4.78, 5) is 46.1. The number of fused-ring (bicyclic) bond motifs is 1. The minimum atomic E-state index is -0.278. The lowest BCUT2D eigenvalue weighted by Gasteiger charge is -2.34. The van der Waals surface area contributed by atoms with Crippen LogP contribution in [0.4, 0.5) is 9.93 Å². The molecule has 1 aromatic heterocycles. The van der Waals surface area contributed by atoms with Crippen molar-refractivity contribution in [2.24, 2.45) is 0 Å². The van der Waals surface area contributed by atoms with Gasteiger partial charge < -0.3 is 15.1 Å². The zero-order valence-electron chi connectivity index (χ0n) is 19.8. The van der Waals surface area contributed by atoms with Gasteiger partial charge in [-0.15, -0.1) is 0 Å². The van der Waals surface area contributed by atoms with Crippen LogP contribution in [0.25, 0.3) is 10.2 Å². The number of amides is 4. The van der Waals surface area contributed by atoms with Gasteiger partial charge in [0.1, 0.15) is 0 Å². The van der Waals surface area contributed by atoms with Gasteiger partial charge in [0, 0.05) is 48.3 Å². The molecule has 0 unspecified atom stereocenters. The van der Waals surface area contributed by atoms with Crippen molar-refractivity contribution in [1.29, 1.82) is 0 Å². The number of benzene rings is 3. The summed E-state index contributed by atoms with van der Waals surface area (Å²) >= 11 is 4.90. The molecule has 10 heteroatoms. The lowest BCUT2D eigenvalue weighted by Crippen LogP contribution is -2.53. The molecule has 5 rings (SSSR count). The van der Waals surface area contributed by atoms with Gasteiger partial charge in [-0.1, -0.05) is 57.6 Å². The highest BCUT2D eigenvalue weighted by Crippen LogP contribution is 2.26. The molecule has 0 radical (unpaired) electrons. The Kier molecular flexibility index (Phi) is 7.47. The molecule has 2 heterocycles. The van der Waals surface area contributed by atoms with E-state index in [2.05, 4.69) is 31.5 Å². The van der Waals surface area contributed by atoms with Crippen molar-refractivity contribution in [3.63, 3.8) is 0 Å². The standard InChI is InChI=1S/C27H24BrN5O3S/c28-21-6-2-1-5-20(21)17-29-27(36)33-15-13-32(14-16-33)25(35)19-11-9-18(10-12-19)24(34)31-26-30-22-7-3-4-8-23(22)37-26/h1-12H,13-17H2,(H,29,36)(H,30,31,34). The van der Waals surface area contributed by atoms with Gasteiger partial charge in [0.25, 0.3) is 11.8 Å². The molecular weight excluding hydrogens is 554 g/mol. The van der Waals surface area contributed by atoms with Crippen LogP contribution in [0.3, 0.4) is 0 Å². The number of carbonyl (C=O) groups excluding carboxylic acids is 3. The molecular formula is C27H24BrN5O3S. The summed E-state index contributed by atoms with van der Waals surface area (Å²) in [5.41, 5.74) is 2.79. The number of rotatable bonds is 5. The number of nitrogens with one attached hydrogen (secondary N) is 2. The maximum absolute atomic E-state index is 13.0. The molecule has 0 spiro atoms. The van der Waals surface area contributed by atoms with Crippen LogP contribution >= 0.6 is 27.3 Å². The largest absolute Gasteiger partial charge is 0.335 e. The number of hydrogen-bond acceptors (Lipinski definition) is 5. The van der Waals surface area contributed by atoms with E-state index in [1.807, 2.05) is 48.5 Å². The number of halogens is 1. The molecule has 1 saturated heterocycles. The fourth-order valence-electron chi connectivity index (χ4n) is 4.08. The predicted molar refractivity (Wildman–Crippen MR) is 148 cm³/mol. The van der Waals surface area contributed by atoms with E-state index in [4.69, 9.17) is 0 Å². The van der Waals surface area contributed by atoms with Crippen molar-refractivity contribution < 1.29 is 14.4 Å². The number of thiazole rings is 1. The van der Waals surface area contributed by atoms with Crippen molar-refractivity contribution in [3.05, 3.63) is 94.0 Å². The molecule has 37 heavy (non-hydrogen) atoms. The summed E-state index contributed by atoms with van der Waals surface area (Å²) in [5, 5.41) is 6.30. The van der Waals surface area contributed by atoms with Crippen LogP contribution in [0.15, 0.2) is 77.3 Å². The summed E-state index contributed by atoms with van der Waals surface area (Å²) in [6.07, 6.45) is 0. The summed E-state index contributed by atoms with van der Waals surface area (Å²) in [5.74, 6) is -0.397. The Morgan fingerprint density at radius 3 is 2.22 bits per heavy atom. The van der Waals surface area contributed by atoms with Gasteiger partial charge in [0.05, 0.1) is 10.2 Å². The average Bonchev–Trinajstić information content (AvgIpc) is 3.34. The van der Waals surface area contributed by atoms with E-state index in [1.54, 1.807) is 34.1 Å². The van der Waals surface area contributed by atoms with Gasteiger partial charge in [-0.3, -0.25) is 14.9 Å². The Morgan fingerprint density at radius 1 is 0.838 bits per heavy atom. The molecule has 0 saturated carbocycles. The first kappa shape index (κ1) is 24.9. The maximum Gasteiger partial charge on any atom is 0.317 e. The number of nitrogens with zero attached hydrogens (tertiary/aromatic N) is 3. The van der Waals surface area contributed by atoms with Crippen LogP contribution in [0.1, 0.15) is 26.3 Å². The van der Waals surface area contributed by atoms with Crippen molar-refractivity contribution in [3.8, 4) is 0 Å². The zero-order chi connectivity index (χ0) is 25.8. The van der Waals surface area contributed by atoms with E-state index in [9.17, 15) is 14.4 Å². The predicted octanol–water partition coefficient (Wildman–Crippen LogP) is 4.98. The normalized spacial score (nSPS) is 13.4. The first-order chi connectivity index (χ1) is 18.0. The Hall–Kier alpha value is -3.76. The second-order valence-corrected chi connectivity index (χ2v) is 10.4. The van der Waals surface area contributed by atoms with E-state index in [0.717, 1.165) is 20.3 Å². The van der Waals surface area contributed by atoms with Crippen molar-refractivity contribution in [1.82, 2.24) is 20.1 Å². The summed E-state index contributed by atoms with van der Waals surface area (Å²) in [6, 6.07) is 21.9. The van der Waals surface area contributed by atoms with E-state index >= 15 is 0 Å². The van der Waals surface area contributed by atoms with Crippen LogP contribution in [0.5, 0.6) is 0 Å². The highest BCUT2D eigenvalue weighted by Gasteiger charge is 2.25. The van der Waals surface area contributed by atoms with Crippen LogP contribution in [-0.2, 0) is 6.54 Å². The van der Waals surface area contributed by atoms with Gasteiger partial charge in [0.2, 0.25) is 0 Å². The van der Waals surface area contributed by atoms with Crippen LogP contribution in [-0.4, -0.2) is 58.8 Å². The highest BCUT2D eigenvalue weighted by molar-refractivity contribution is 9.10. The number of para-hydroxylation sites is 1. The molecule has 1 fully saturated rings. The third-order valence-corrected chi connectivity index (χ3v) is 7.88. The number of anilines is 1. The average molecular weight is 578 g/mol. The molecule has 4 amide bonds. The fourth-order valence-corrected chi connectivity index (χ4v) is 5.36. The third-order valence-electron chi connectivity index (χ3n) is 6.15. The lowest BCUT2D eigenvalue weighted by molar-refractivity contribution is 0.0664. The van der Waals surface area contributed by atoms with Gasteiger partial charge in [-0.05, 0) is 48.0 Å². The quantitative estimate of drug-likeness (QED) is 0.350. The molecule has 3 aromatic carbocycles. The Morgan fingerprint density at radius 2 is 1.49 bits per heavy atom. The van der Waals surface area contributed by atoms with Crippen molar-refractivity contribution in [2.75, 3.05) is 31.5 Å². The summed E-state index contributed by atoms with van der Waals surface area (Å²) in [6.45, 7) is 2.23. The number of aromatic nitrogens is 1. The minimum Gasteiger partial charge on any atom is -0.335 e. The van der Waals surface area contributed by atoms with E-state index in [-0.39, 0.29) is 17.8 Å². The Bertz CT molecular complexity index is 1410. The first-order valence-electron chi connectivity index (χ1n) is 11.8. The molecule has 0 aliphatic carbocycles. The van der Waals surface area contributed by atoms with Gasteiger partial charge in [0.15, 0.2) is 5.13 Å². The third kappa shape index (κ3) is 5.81. The molecule has 2 N–H and O–H groups in total. The van der Waals surface area contributed by atoms with Crippen LogP contribution in [0, 0.1) is 0 Å². The molecule has 8 nitrogen and oxygen atoms in total. The second-order valence-electron chi connectivity index (χ2n) is 8.55. The topological polar surface area (TPSA) is 94.6 Å². The molecule has 1 aliphatic rings. The number of piperazine rings is 1. The number of carbonyl (C=O) groups is 3. The zero-order valence-corrected chi connectivity index (χ0v) is 22.2. The first-order valence-corrected chi connectivity index (χ1v) is 13.4. The maximum atomic E-state index is 13.0. The Labute approximate surface area is 226 Å². The van der Waals surface area contributed by atoms with Crippen LogP contribution < -0.4 is 10.6 Å².